The zero-order valence-corrected chi connectivity index (χ0v) is 19.6. The number of carbonyl (C=O) groups excluding carboxylic acids is 4. The molecule has 35 heavy (non-hydrogen) atoms. The molecular weight excluding hydrogens is 470 g/mol. The summed E-state index contributed by atoms with van der Waals surface area (Å²) in [5, 5.41) is 5.24. The van der Waals surface area contributed by atoms with E-state index in [-0.39, 0.29) is 49.3 Å². The third-order valence-corrected chi connectivity index (χ3v) is 6.97. The van der Waals surface area contributed by atoms with Crippen molar-refractivity contribution in [3.05, 3.63) is 58.5 Å². The molecule has 5 rings (SSSR count). The van der Waals surface area contributed by atoms with Gasteiger partial charge in [0.15, 0.2) is 11.5 Å². The molecule has 0 aromatic heterocycles. The van der Waals surface area contributed by atoms with E-state index in [4.69, 9.17) is 9.47 Å². The largest absolute Gasteiger partial charge is 0.454 e. The van der Waals surface area contributed by atoms with Gasteiger partial charge in [-0.2, -0.15) is 0 Å². The molecule has 10 heteroatoms. The van der Waals surface area contributed by atoms with Crippen molar-refractivity contribution in [1.82, 2.24) is 10.2 Å². The van der Waals surface area contributed by atoms with Crippen molar-refractivity contribution in [2.45, 2.75) is 19.3 Å². The van der Waals surface area contributed by atoms with Crippen LogP contribution in [0.3, 0.4) is 0 Å². The van der Waals surface area contributed by atoms with Crippen molar-refractivity contribution >= 4 is 46.5 Å². The third kappa shape index (κ3) is 5.02. The van der Waals surface area contributed by atoms with Crippen LogP contribution in [0.1, 0.15) is 24.0 Å². The van der Waals surface area contributed by atoms with Crippen LogP contribution in [0.25, 0.3) is 6.08 Å². The first-order chi connectivity index (χ1) is 17.0. The van der Waals surface area contributed by atoms with E-state index in [1.54, 1.807) is 24.3 Å². The van der Waals surface area contributed by atoms with Crippen LogP contribution in [0.5, 0.6) is 11.5 Å². The molecule has 2 aromatic rings. The molecule has 4 amide bonds. The van der Waals surface area contributed by atoms with E-state index in [1.807, 2.05) is 24.3 Å². The maximum atomic E-state index is 12.7. The summed E-state index contributed by atoms with van der Waals surface area (Å²) in [4.78, 5) is 51.1. The van der Waals surface area contributed by atoms with Crippen molar-refractivity contribution in [2.24, 2.45) is 5.92 Å². The third-order valence-electron chi connectivity index (χ3n) is 6.06. The van der Waals surface area contributed by atoms with E-state index < -0.39 is 5.91 Å². The Morgan fingerprint density at radius 1 is 1.14 bits per heavy atom. The fourth-order valence-electron chi connectivity index (χ4n) is 4.19. The Morgan fingerprint density at radius 3 is 2.86 bits per heavy atom. The SMILES string of the molecule is O=C(CCC1Cc2ccccc2NC1=O)NCCN1C(=O)S/C(=C\c2ccc3c(c2)OCO3)C1=O. The molecule has 0 radical (unpaired) electrons. The topological polar surface area (TPSA) is 114 Å². The van der Waals surface area contributed by atoms with Crippen LogP contribution in [0.15, 0.2) is 47.4 Å². The number of imide groups is 1. The van der Waals surface area contributed by atoms with Crippen LogP contribution in [-0.2, 0) is 20.8 Å². The number of rotatable bonds is 7. The molecular formula is C25H23N3O6S. The second-order valence-electron chi connectivity index (χ2n) is 8.38. The molecule has 3 heterocycles. The molecule has 180 valence electrons. The maximum absolute atomic E-state index is 12.7. The van der Waals surface area contributed by atoms with Crippen molar-refractivity contribution in [3.63, 3.8) is 0 Å². The molecule has 0 saturated carbocycles. The van der Waals surface area contributed by atoms with E-state index in [2.05, 4.69) is 10.6 Å². The number of carbonyl (C=O) groups is 4. The van der Waals surface area contributed by atoms with E-state index in [0.717, 1.165) is 33.5 Å². The lowest BCUT2D eigenvalue weighted by molar-refractivity contribution is -0.125. The first kappa shape index (κ1) is 23.0. The van der Waals surface area contributed by atoms with Gasteiger partial charge in [0, 0.05) is 31.1 Å². The van der Waals surface area contributed by atoms with Gasteiger partial charge in [-0.05, 0) is 60.0 Å². The molecule has 3 aliphatic heterocycles. The van der Waals surface area contributed by atoms with Gasteiger partial charge in [-0.25, -0.2) is 0 Å². The van der Waals surface area contributed by atoms with Gasteiger partial charge in [-0.15, -0.1) is 0 Å². The molecule has 1 fully saturated rings. The lowest BCUT2D eigenvalue weighted by Gasteiger charge is -2.24. The first-order valence-corrected chi connectivity index (χ1v) is 12.1. The van der Waals surface area contributed by atoms with Crippen LogP contribution >= 0.6 is 11.8 Å². The monoisotopic (exact) mass is 493 g/mol. The minimum absolute atomic E-state index is 0.0756. The molecule has 3 aliphatic rings. The second kappa shape index (κ2) is 9.83. The molecule has 0 spiro atoms. The normalized spacial score (nSPS) is 19.7. The summed E-state index contributed by atoms with van der Waals surface area (Å²) >= 11 is 0.862. The highest BCUT2D eigenvalue weighted by atomic mass is 32.2. The summed E-state index contributed by atoms with van der Waals surface area (Å²) in [7, 11) is 0. The summed E-state index contributed by atoms with van der Waals surface area (Å²) in [6.45, 7) is 0.378. The molecule has 2 aromatic carbocycles. The van der Waals surface area contributed by atoms with E-state index >= 15 is 0 Å². The van der Waals surface area contributed by atoms with Gasteiger partial charge in [0.2, 0.25) is 18.6 Å². The average molecular weight is 494 g/mol. The number of thioether (sulfide) groups is 1. The number of hydrogen-bond donors (Lipinski definition) is 2. The summed E-state index contributed by atoms with van der Waals surface area (Å²) in [5.74, 6) is 0.265. The number of nitrogens with zero attached hydrogens (tertiary/aromatic N) is 1. The quantitative estimate of drug-likeness (QED) is 0.570. The fourth-order valence-corrected chi connectivity index (χ4v) is 5.06. The highest BCUT2D eigenvalue weighted by Gasteiger charge is 2.35. The number of fused-ring (bicyclic) bond motifs is 2. The summed E-state index contributed by atoms with van der Waals surface area (Å²) in [6, 6.07) is 12.9. The van der Waals surface area contributed by atoms with Gasteiger partial charge in [-0.1, -0.05) is 24.3 Å². The number of nitrogens with one attached hydrogen (secondary N) is 2. The summed E-state index contributed by atoms with van der Waals surface area (Å²) in [6.07, 6.45) is 2.85. The van der Waals surface area contributed by atoms with Gasteiger partial charge in [0.05, 0.1) is 4.91 Å². The van der Waals surface area contributed by atoms with Crippen LogP contribution < -0.4 is 20.1 Å². The Bertz CT molecular complexity index is 1240. The van der Waals surface area contributed by atoms with E-state index in [0.29, 0.717) is 29.2 Å². The smallest absolute Gasteiger partial charge is 0.293 e. The van der Waals surface area contributed by atoms with Crippen LogP contribution in [0.4, 0.5) is 10.5 Å². The lowest BCUT2D eigenvalue weighted by atomic mass is 9.89. The minimum atomic E-state index is -0.399. The highest BCUT2D eigenvalue weighted by molar-refractivity contribution is 8.18. The number of ether oxygens (including phenoxy) is 2. The van der Waals surface area contributed by atoms with E-state index in [1.165, 1.54) is 0 Å². The number of para-hydroxylation sites is 1. The van der Waals surface area contributed by atoms with Gasteiger partial charge in [0.1, 0.15) is 0 Å². The number of amides is 4. The molecule has 9 nitrogen and oxygen atoms in total. The Hall–Kier alpha value is -3.79. The van der Waals surface area contributed by atoms with Gasteiger partial charge in [-0.3, -0.25) is 24.1 Å². The maximum Gasteiger partial charge on any atom is 0.293 e. The van der Waals surface area contributed by atoms with Crippen molar-refractivity contribution in [2.75, 3.05) is 25.2 Å². The van der Waals surface area contributed by atoms with Gasteiger partial charge >= 0.3 is 0 Å². The summed E-state index contributed by atoms with van der Waals surface area (Å²) < 4.78 is 10.6. The van der Waals surface area contributed by atoms with Crippen molar-refractivity contribution in [1.29, 1.82) is 0 Å². The Kier molecular flexibility index (Phi) is 6.45. The molecule has 1 atom stereocenters. The molecule has 1 unspecified atom stereocenters. The molecule has 0 bridgehead atoms. The Balaban J connectivity index is 1.09. The van der Waals surface area contributed by atoms with E-state index in [9.17, 15) is 19.2 Å². The first-order valence-electron chi connectivity index (χ1n) is 11.3. The Labute approximate surface area is 205 Å². The number of hydrogen-bond acceptors (Lipinski definition) is 7. The number of benzene rings is 2. The fraction of sp³-hybridized carbons (Fsp3) is 0.280. The molecule has 0 aliphatic carbocycles. The van der Waals surface area contributed by atoms with Crippen LogP contribution in [0.2, 0.25) is 0 Å². The van der Waals surface area contributed by atoms with Gasteiger partial charge < -0.3 is 20.1 Å². The highest BCUT2D eigenvalue weighted by Crippen LogP contribution is 2.36. The zero-order valence-electron chi connectivity index (χ0n) is 18.7. The van der Waals surface area contributed by atoms with Crippen LogP contribution in [0, 0.1) is 5.92 Å². The predicted molar refractivity (Wildman–Crippen MR) is 130 cm³/mol. The Morgan fingerprint density at radius 2 is 1.97 bits per heavy atom. The zero-order chi connectivity index (χ0) is 24.4. The lowest BCUT2D eigenvalue weighted by Crippen LogP contribution is -2.37. The molecule has 1 saturated heterocycles. The molecule has 2 N–H and O–H groups in total. The average Bonchev–Trinajstić information content (AvgIpc) is 3.42. The van der Waals surface area contributed by atoms with Crippen LogP contribution in [-0.4, -0.2) is 47.7 Å². The van der Waals surface area contributed by atoms with Crippen molar-refractivity contribution < 1.29 is 28.7 Å². The van der Waals surface area contributed by atoms with Crippen molar-refractivity contribution in [3.8, 4) is 11.5 Å². The number of anilines is 1. The second-order valence-corrected chi connectivity index (χ2v) is 9.38. The van der Waals surface area contributed by atoms with Gasteiger partial charge in [0.25, 0.3) is 11.1 Å². The summed E-state index contributed by atoms with van der Waals surface area (Å²) in [5.41, 5.74) is 2.61. The standard InChI is InChI=1S/C25H23N3O6S/c29-22(8-6-17-13-16-3-1-2-4-18(16)27-23(17)30)26-9-10-28-24(31)21(35-25(28)32)12-15-5-7-19-20(11-15)34-14-33-19/h1-5,7,11-12,17H,6,8-10,13-14H2,(H,26,29)(H,27,30)/b21-12-. The predicted octanol–water partition coefficient (Wildman–Crippen LogP) is 3.16. The minimum Gasteiger partial charge on any atom is -0.454 e.